The third kappa shape index (κ3) is 7.66. The number of aliphatic imine (C=N–C) groups is 1. The summed E-state index contributed by atoms with van der Waals surface area (Å²) in [5.41, 5.74) is 0.899. The highest BCUT2D eigenvalue weighted by Crippen LogP contribution is 2.16. The summed E-state index contributed by atoms with van der Waals surface area (Å²) < 4.78 is 13.2. The molecular weight excluding hydrogens is 454 g/mol. The zero-order valence-electron chi connectivity index (χ0n) is 15.0. The fraction of sp³-hybridized carbons (Fsp3) is 0.611. The molecule has 1 fully saturated rings. The topological polar surface area (TPSA) is 39.7 Å². The Bertz CT molecular complexity index is 548. The first-order valence-electron chi connectivity index (χ1n) is 8.83. The lowest BCUT2D eigenvalue weighted by atomic mass is 10.1. The number of hydrogen-bond donors (Lipinski definition) is 2. The Kier molecular flexibility index (Phi) is 10.7. The zero-order valence-corrected chi connectivity index (χ0v) is 18.1. The van der Waals surface area contributed by atoms with Crippen molar-refractivity contribution >= 4 is 41.5 Å². The summed E-state index contributed by atoms with van der Waals surface area (Å²) in [5, 5.41) is 6.94. The van der Waals surface area contributed by atoms with E-state index in [1.165, 1.54) is 19.0 Å². The number of likely N-dealkylation sites (tertiary alicyclic amines) is 1. The van der Waals surface area contributed by atoms with Crippen LogP contribution in [0.15, 0.2) is 23.2 Å². The maximum Gasteiger partial charge on any atom is 0.191 e. The second-order valence-corrected chi connectivity index (χ2v) is 6.61. The maximum absolute atomic E-state index is 13.2. The Balaban J connectivity index is 0.00000312. The molecule has 7 heteroatoms. The Labute approximate surface area is 172 Å². The van der Waals surface area contributed by atoms with E-state index in [0.717, 1.165) is 44.0 Å². The first kappa shape index (κ1) is 22.4. The molecule has 0 aromatic heterocycles. The number of nitrogens with one attached hydrogen (secondary N) is 2. The summed E-state index contributed by atoms with van der Waals surface area (Å²) in [4.78, 5) is 7.12. The SMILES string of the molecule is CCCN1CCC(NC(=NCc2ccc(F)c(Cl)c2)NCC)CC1.I. The summed E-state index contributed by atoms with van der Waals surface area (Å²) >= 11 is 5.83. The van der Waals surface area contributed by atoms with Crippen LogP contribution in [0.3, 0.4) is 0 Å². The van der Waals surface area contributed by atoms with Crippen molar-refractivity contribution < 1.29 is 4.39 Å². The minimum absolute atomic E-state index is 0. The van der Waals surface area contributed by atoms with Gasteiger partial charge in [0, 0.05) is 25.7 Å². The molecule has 2 rings (SSSR count). The van der Waals surface area contributed by atoms with Crippen LogP contribution >= 0.6 is 35.6 Å². The molecule has 0 atom stereocenters. The van der Waals surface area contributed by atoms with E-state index in [4.69, 9.17) is 11.6 Å². The molecule has 0 aliphatic carbocycles. The molecule has 0 amide bonds. The molecule has 0 bridgehead atoms. The highest BCUT2D eigenvalue weighted by molar-refractivity contribution is 14.0. The lowest BCUT2D eigenvalue weighted by Crippen LogP contribution is -2.48. The quantitative estimate of drug-likeness (QED) is 0.365. The fourth-order valence-corrected chi connectivity index (χ4v) is 3.14. The van der Waals surface area contributed by atoms with Crippen molar-refractivity contribution in [2.24, 2.45) is 4.99 Å². The van der Waals surface area contributed by atoms with Gasteiger partial charge in [0.1, 0.15) is 5.82 Å². The first-order valence-corrected chi connectivity index (χ1v) is 9.21. The predicted molar refractivity (Wildman–Crippen MR) is 115 cm³/mol. The third-order valence-corrected chi connectivity index (χ3v) is 4.51. The molecule has 1 heterocycles. The standard InChI is InChI=1S/C18H28ClFN4.HI/c1-3-9-24-10-7-15(8-11-24)23-18(21-4-2)22-13-14-5-6-17(20)16(19)12-14;/h5-6,12,15H,3-4,7-11,13H2,1-2H3,(H2,21,22,23);1H. The van der Waals surface area contributed by atoms with E-state index in [2.05, 4.69) is 34.4 Å². The first-order chi connectivity index (χ1) is 11.6. The Morgan fingerprint density at radius 2 is 2.04 bits per heavy atom. The van der Waals surface area contributed by atoms with Crippen LogP contribution in [0.5, 0.6) is 0 Å². The lowest BCUT2D eigenvalue weighted by Gasteiger charge is -2.32. The van der Waals surface area contributed by atoms with Crippen LogP contribution in [0, 0.1) is 5.82 Å². The van der Waals surface area contributed by atoms with E-state index >= 15 is 0 Å². The molecule has 1 aliphatic rings. The van der Waals surface area contributed by atoms with Crippen LogP contribution in [0.4, 0.5) is 4.39 Å². The van der Waals surface area contributed by atoms with Gasteiger partial charge in [0.05, 0.1) is 11.6 Å². The molecule has 0 spiro atoms. The van der Waals surface area contributed by atoms with E-state index in [9.17, 15) is 4.39 Å². The molecule has 25 heavy (non-hydrogen) atoms. The van der Waals surface area contributed by atoms with Crippen molar-refractivity contribution in [3.8, 4) is 0 Å². The molecule has 2 N–H and O–H groups in total. The molecule has 1 aliphatic heterocycles. The van der Waals surface area contributed by atoms with Gasteiger partial charge in [0.2, 0.25) is 0 Å². The van der Waals surface area contributed by atoms with Gasteiger partial charge in [0.25, 0.3) is 0 Å². The molecule has 1 saturated heterocycles. The molecule has 0 unspecified atom stereocenters. The van der Waals surface area contributed by atoms with Gasteiger partial charge >= 0.3 is 0 Å². The Morgan fingerprint density at radius 3 is 2.64 bits per heavy atom. The van der Waals surface area contributed by atoms with E-state index < -0.39 is 5.82 Å². The van der Waals surface area contributed by atoms with E-state index in [1.807, 2.05) is 0 Å². The number of piperidine rings is 1. The average Bonchev–Trinajstić information content (AvgIpc) is 2.58. The molecule has 4 nitrogen and oxygen atoms in total. The number of halogens is 3. The van der Waals surface area contributed by atoms with Gasteiger partial charge in [-0.05, 0) is 50.4 Å². The fourth-order valence-electron chi connectivity index (χ4n) is 2.94. The number of nitrogens with zero attached hydrogens (tertiary/aromatic N) is 2. The zero-order chi connectivity index (χ0) is 17.4. The number of rotatable bonds is 6. The van der Waals surface area contributed by atoms with E-state index in [-0.39, 0.29) is 29.0 Å². The molecule has 1 aromatic carbocycles. The van der Waals surface area contributed by atoms with Gasteiger partial charge in [-0.1, -0.05) is 24.6 Å². The maximum atomic E-state index is 13.2. The smallest absolute Gasteiger partial charge is 0.191 e. The summed E-state index contributed by atoms with van der Waals surface area (Å²) in [7, 11) is 0. The summed E-state index contributed by atoms with van der Waals surface area (Å²) in [6, 6.07) is 5.19. The van der Waals surface area contributed by atoms with Gasteiger partial charge in [-0.3, -0.25) is 0 Å². The highest BCUT2D eigenvalue weighted by Gasteiger charge is 2.19. The van der Waals surface area contributed by atoms with Gasteiger partial charge < -0.3 is 15.5 Å². The number of benzene rings is 1. The summed E-state index contributed by atoms with van der Waals surface area (Å²) in [6.07, 6.45) is 3.47. The normalized spacial score (nSPS) is 16.4. The number of hydrogen-bond acceptors (Lipinski definition) is 2. The van der Waals surface area contributed by atoms with Crippen LogP contribution in [-0.2, 0) is 6.54 Å². The number of guanidine groups is 1. The molecular formula is C18H29ClFIN4. The van der Waals surface area contributed by atoms with Gasteiger partial charge in [-0.15, -0.1) is 24.0 Å². The van der Waals surface area contributed by atoms with Gasteiger partial charge in [-0.25, -0.2) is 9.38 Å². The molecule has 1 aromatic rings. The Morgan fingerprint density at radius 1 is 1.32 bits per heavy atom. The molecule has 0 saturated carbocycles. The van der Waals surface area contributed by atoms with Crippen LogP contribution in [-0.4, -0.2) is 43.1 Å². The van der Waals surface area contributed by atoms with Gasteiger partial charge in [0.15, 0.2) is 5.96 Å². The van der Waals surface area contributed by atoms with Crippen molar-refractivity contribution in [3.63, 3.8) is 0 Å². The minimum atomic E-state index is -0.395. The second kappa shape index (κ2) is 11.9. The lowest BCUT2D eigenvalue weighted by molar-refractivity contribution is 0.206. The van der Waals surface area contributed by atoms with Crippen LogP contribution < -0.4 is 10.6 Å². The summed E-state index contributed by atoms with van der Waals surface area (Å²) in [6.45, 7) is 9.02. The largest absolute Gasteiger partial charge is 0.357 e. The Hall–Kier alpha value is -0.600. The molecule has 0 radical (unpaired) electrons. The summed E-state index contributed by atoms with van der Waals surface area (Å²) in [5.74, 6) is 0.417. The third-order valence-electron chi connectivity index (χ3n) is 4.22. The second-order valence-electron chi connectivity index (χ2n) is 6.20. The molecule has 142 valence electrons. The minimum Gasteiger partial charge on any atom is -0.357 e. The van der Waals surface area contributed by atoms with Crippen LogP contribution in [0.1, 0.15) is 38.7 Å². The van der Waals surface area contributed by atoms with E-state index in [0.29, 0.717) is 12.6 Å². The van der Waals surface area contributed by atoms with Crippen LogP contribution in [0.2, 0.25) is 5.02 Å². The monoisotopic (exact) mass is 482 g/mol. The predicted octanol–water partition coefficient (Wildman–Crippen LogP) is 4.03. The van der Waals surface area contributed by atoms with Crippen molar-refractivity contribution in [1.82, 2.24) is 15.5 Å². The van der Waals surface area contributed by atoms with Crippen molar-refractivity contribution in [2.45, 2.75) is 45.7 Å². The van der Waals surface area contributed by atoms with Crippen molar-refractivity contribution in [3.05, 3.63) is 34.6 Å². The highest BCUT2D eigenvalue weighted by atomic mass is 127. The van der Waals surface area contributed by atoms with Gasteiger partial charge in [-0.2, -0.15) is 0 Å². The van der Waals surface area contributed by atoms with Crippen molar-refractivity contribution in [1.29, 1.82) is 0 Å². The van der Waals surface area contributed by atoms with E-state index in [1.54, 1.807) is 12.1 Å². The average molecular weight is 483 g/mol. The van der Waals surface area contributed by atoms with Crippen LogP contribution in [0.25, 0.3) is 0 Å². The van der Waals surface area contributed by atoms with Crippen molar-refractivity contribution in [2.75, 3.05) is 26.2 Å².